The molecule has 0 radical (unpaired) electrons. The number of ether oxygens (including phenoxy) is 1. The Morgan fingerprint density at radius 2 is 1.89 bits per heavy atom. The predicted octanol–water partition coefficient (Wildman–Crippen LogP) is 5.78. The van der Waals surface area contributed by atoms with E-state index in [2.05, 4.69) is 23.8 Å². The smallest absolute Gasteiger partial charge is 0.329 e. The topological polar surface area (TPSA) is 60.2 Å². The fraction of sp³-hybridized carbons (Fsp3) is 0.696. The van der Waals surface area contributed by atoms with Gasteiger partial charge >= 0.3 is 17.8 Å². The van der Waals surface area contributed by atoms with E-state index in [9.17, 15) is 22.4 Å². The van der Waals surface area contributed by atoms with Gasteiger partial charge < -0.3 is 14.2 Å². The number of hydrogen-bond donors (Lipinski definition) is 0. The molecule has 2 aromatic rings. The molecule has 1 unspecified atom stereocenters. The zero-order valence-electron chi connectivity index (χ0n) is 20.2. The number of fused-ring (bicyclic) bond motifs is 1. The summed E-state index contributed by atoms with van der Waals surface area (Å²) in [6.45, 7) is 4.86. The molecule has 3 heterocycles. The first-order valence-corrected chi connectivity index (χ1v) is 12.7. The molecule has 35 heavy (non-hydrogen) atoms. The number of alkyl halides is 4. The third kappa shape index (κ3) is 7.38. The molecule has 0 aromatic carbocycles. The maximum atomic E-state index is 13.8. The molecule has 1 aliphatic rings. The molecule has 2 aromatic heterocycles. The normalized spacial score (nSPS) is 17.4. The SMILES string of the molecule is CCCCC(CC)COC(=O)CCSc1ncc2c(n1)c(N1CC(F)(F)C(F)(F)C1)cn2CC.[Ar]. The van der Waals surface area contributed by atoms with Gasteiger partial charge in [-0.25, -0.2) is 9.97 Å². The van der Waals surface area contributed by atoms with Crippen molar-refractivity contribution in [3.05, 3.63) is 12.4 Å². The Morgan fingerprint density at radius 3 is 2.49 bits per heavy atom. The van der Waals surface area contributed by atoms with Gasteiger partial charge in [0.2, 0.25) is 0 Å². The van der Waals surface area contributed by atoms with E-state index in [0.717, 1.165) is 30.6 Å². The summed E-state index contributed by atoms with van der Waals surface area (Å²) in [6.07, 6.45) is 7.52. The third-order valence-corrected chi connectivity index (χ3v) is 7.00. The number of thioether (sulfide) groups is 1. The summed E-state index contributed by atoms with van der Waals surface area (Å²) in [7, 11) is 0. The number of carbonyl (C=O) groups is 1. The van der Waals surface area contributed by atoms with Gasteiger partial charge in [-0.1, -0.05) is 44.9 Å². The number of nitrogens with zero attached hydrogens (tertiary/aromatic N) is 4. The Kier molecular flexibility index (Phi) is 11.4. The Bertz CT molecular complexity index is 976. The van der Waals surface area contributed by atoms with Crippen molar-refractivity contribution in [1.29, 1.82) is 0 Å². The second-order valence-corrected chi connectivity index (χ2v) is 9.71. The summed E-state index contributed by atoms with van der Waals surface area (Å²) in [5.41, 5.74) is 1.16. The van der Waals surface area contributed by atoms with Crippen LogP contribution < -0.4 is 4.90 Å². The summed E-state index contributed by atoms with van der Waals surface area (Å²) >= 11 is 1.24. The molecular formula is C23H32ArF4N4O2S. The molecular weight excluding hydrogens is 512 g/mol. The Labute approximate surface area is 237 Å². The van der Waals surface area contributed by atoms with Crippen LogP contribution in [0.2, 0.25) is 0 Å². The third-order valence-electron chi connectivity index (χ3n) is 6.13. The summed E-state index contributed by atoms with van der Waals surface area (Å²) in [6, 6.07) is 0. The van der Waals surface area contributed by atoms with Crippen LogP contribution in [0.5, 0.6) is 0 Å². The first-order chi connectivity index (χ1) is 16.1. The number of halogens is 4. The van der Waals surface area contributed by atoms with Gasteiger partial charge in [0.25, 0.3) is 0 Å². The largest absolute Gasteiger partial charge is 0.465 e. The molecule has 1 fully saturated rings. The van der Waals surface area contributed by atoms with Gasteiger partial charge in [-0.3, -0.25) is 4.79 Å². The number of carbonyl (C=O) groups excluding carboxylic acids is 1. The standard InChI is InChI=1S/C23H32F4N4O2S.Ar/c1-4-7-8-16(5-2)13-33-19(32)9-10-34-21-28-11-17-20(29-21)18(12-30(17)6-3)31-14-22(24,25)23(26,27)15-31;/h11-12,16H,4-10,13-15H2,1-3H3;. The average Bonchev–Trinajstić information content (AvgIpc) is 3.26. The van der Waals surface area contributed by atoms with E-state index in [1.165, 1.54) is 11.8 Å². The number of anilines is 1. The Balaban J connectivity index is 0.00000432. The molecule has 198 valence electrons. The first-order valence-electron chi connectivity index (χ1n) is 11.8. The van der Waals surface area contributed by atoms with Crippen LogP contribution in [0.25, 0.3) is 11.0 Å². The molecule has 0 aliphatic carbocycles. The number of unbranched alkanes of at least 4 members (excludes halogenated alkanes) is 1. The van der Waals surface area contributed by atoms with Gasteiger partial charge in [0.05, 0.1) is 43.5 Å². The van der Waals surface area contributed by atoms with Gasteiger partial charge in [0.15, 0.2) is 5.16 Å². The van der Waals surface area contributed by atoms with Crippen LogP contribution in [-0.2, 0) is 16.1 Å². The maximum absolute atomic E-state index is 13.8. The van der Waals surface area contributed by atoms with Crippen LogP contribution in [0, 0.1) is 43.7 Å². The van der Waals surface area contributed by atoms with E-state index in [1.807, 2.05) is 6.92 Å². The second kappa shape index (κ2) is 13.1. The fourth-order valence-electron chi connectivity index (χ4n) is 3.94. The van der Waals surface area contributed by atoms with Gasteiger partial charge in [-0.2, -0.15) is 17.6 Å². The average molecular weight is 545 g/mol. The molecule has 0 N–H and O–H groups in total. The molecule has 0 saturated carbocycles. The number of rotatable bonds is 12. The fourth-order valence-corrected chi connectivity index (χ4v) is 4.68. The van der Waals surface area contributed by atoms with E-state index in [0.29, 0.717) is 41.0 Å². The van der Waals surface area contributed by atoms with Crippen LogP contribution in [-0.4, -0.2) is 57.8 Å². The minimum Gasteiger partial charge on any atom is -0.465 e. The van der Waals surface area contributed by atoms with Gasteiger partial charge in [0.1, 0.15) is 5.52 Å². The van der Waals surface area contributed by atoms with Crippen molar-refractivity contribution in [2.45, 2.75) is 76.4 Å². The van der Waals surface area contributed by atoms with Crippen LogP contribution >= 0.6 is 11.8 Å². The maximum Gasteiger partial charge on any atom is 0.329 e. The van der Waals surface area contributed by atoms with Crippen molar-refractivity contribution in [2.24, 2.45) is 5.92 Å². The predicted molar refractivity (Wildman–Crippen MR) is 125 cm³/mol. The van der Waals surface area contributed by atoms with Crippen molar-refractivity contribution in [3.8, 4) is 0 Å². The molecule has 12 heteroatoms. The summed E-state index contributed by atoms with van der Waals surface area (Å²) in [4.78, 5) is 21.8. The Morgan fingerprint density at radius 1 is 1.20 bits per heavy atom. The van der Waals surface area contributed by atoms with Gasteiger partial charge in [0, 0.05) is 56.2 Å². The monoisotopic (exact) mass is 544 g/mol. The second-order valence-electron chi connectivity index (χ2n) is 8.65. The first kappa shape index (κ1) is 30.4. The van der Waals surface area contributed by atoms with Crippen molar-refractivity contribution in [3.63, 3.8) is 0 Å². The van der Waals surface area contributed by atoms with Gasteiger partial charge in [-0.05, 0) is 19.3 Å². The number of aryl methyl sites for hydroxylation is 1. The molecule has 1 aliphatic heterocycles. The summed E-state index contributed by atoms with van der Waals surface area (Å²) in [5.74, 6) is -7.74. The van der Waals surface area contributed by atoms with Crippen LogP contribution in [0.1, 0.15) is 52.9 Å². The minimum atomic E-state index is -4.11. The molecule has 0 spiro atoms. The number of hydrogen-bond acceptors (Lipinski definition) is 6. The Hall–Kier alpha value is -0.780. The van der Waals surface area contributed by atoms with Crippen LogP contribution in [0.3, 0.4) is 0 Å². The molecule has 6 nitrogen and oxygen atoms in total. The summed E-state index contributed by atoms with van der Waals surface area (Å²) < 4.78 is 62.3. The van der Waals surface area contributed by atoms with E-state index in [-0.39, 0.29) is 55.8 Å². The molecule has 1 atom stereocenters. The number of esters is 1. The molecule has 3 rings (SSSR count). The van der Waals surface area contributed by atoms with Crippen LogP contribution in [0.4, 0.5) is 23.2 Å². The van der Waals surface area contributed by atoms with Crippen molar-refractivity contribution in [1.82, 2.24) is 14.5 Å². The van der Waals surface area contributed by atoms with E-state index in [1.54, 1.807) is 17.0 Å². The van der Waals surface area contributed by atoms with E-state index in [4.69, 9.17) is 4.74 Å². The summed E-state index contributed by atoms with van der Waals surface area (Å²) in [5, 5.41) is 0.350. The van der Waals surface area contributed by atoms with E-state index < -0.39 is 24.9 Å². The van der Waals surface area contributed by atoms with Crippen molar-refractivity contribution >= 4 is 34.5 Å². The minimum absolute atomic E-state index is 0. The molecule has 0 amide bonds. The quantitative estimate of drug-likeness (QED) is 0.146. The van der Waals surface area contributed by atoms with Gasteiger partial charge in [-0.15, -0.1) is 0 Å². The van der Waals surface area contributed by atoms with Crippen molar-refractivity contribution < 1.29 is 64.8 Å². The molecule has 0 bridgehead atoms. The zero-order valence-corrected chi connectivity index (χ0v) is 21.7. The molecule has 1 saturated heterocycles. The van der Waals surface area contributed by atoms with Crippen molar-refractivity contribution in [2.75, 3.05) is 30.3 Å². The number of aromatic nitrogens is 3. The zero-order chi connectivity index (χ0) is 24.9. The van der Waals surface area contributed by atoms with Crippen LogP contribution in [0.15, 0.2) is 17.6 Å². The van der Waals surface area contributed by atoms with E-state index >= 15 is 0 Å².